The van der Waals surface area contributed by atoms with Gasteiger partial charge in [0, 0.05) is 12.3 Å². The molecule has 10 saturated carbocycles. The molecule has 6 unspecified atom stereocenters. The van der Waals surface area contributed by atoms with E-state index in [-0.39, 0.29) is 113 Å². The van der Waals surface area contributed by atoms with E-state index in [9.17, 15) is 24.3 Å². The Morgan fingerprint density at radius 3 is 1.39 bits per heavy atom. The van der Waals surface area contributed by atoms with Crippen molar-refractivity contribution < 1.29 is 43.2 Å². The molecule has 9 heteroatoms. The van der Waals surface area contributed by atoms with E-state index >= 15 is 0 Å². The van der Waals surface area contributed by atoms with E-state index in [1.807, 2.05) is 55.4 Å². The fourth-order valence-electron chi connectivity index (χ4n) is 13.2. The summed E-state index contributed by atoms with van der Waals surface area (Å²) in [5, 5.41) is 10.6. The van der Waals surface area contributed by atoms with E-state index in [0.29, 0.717) is 47.8 Å². The van der Waals surface area contributed by atoms with Gasteiger partial charge >= 0.3 is 23.9 Å². The van der Waals surface area contributed by atoms with Crippen molar-refractivity contribution in [3.05, 3.63) is 0 Å². The molecule has 10 bridgehead atoms. The number of methoxy groups -OCH3 is 1. The van der Waals surface area contributed by atoms with Crippen LogP contribution < -0.4 is 0 Å². The van der Waals surface area contributed by atoms with Crippen LogP contribution in [-0.2, 0) is 38.1 Å². The van der Waals surface area contributed by atoms with Crippen molar-refractivity contribution >= 4 is 23.9 Å². The molecule has 0 aromatic rings. The minimum Gasteiger partial charge on any atom is -0.469 e. The van der Waals surface area contributed by atoms with Gasteiger partial charge in [0.25, 0.3) is 0 Å². The largest absolute Gasteiger partial charge is 0.469 e. The Morgan fingerprint density at radius 2 is 1.00 bits per heavy atom. The fraction of sp³-hybridized carbons (Fsp3) is 0.931. The first-order valence-corrected chi connectivity index (χ1v) is 23.5. The van der Waals surface area contributed by atoms with Crippen molar-refractivity contribution in [1.29, 1.82) is 0 Å². The van der Waals surface area contributed by atoms with Crippen molar-refractivity contribution in [3.8, 4) is 0 Å². The molecule has 1 heterocycles. The molecule has 6 atom stereocenters. The molecule has 1 N–H and O–H groups in total. The Bertz CT molecular complexity index is 1480. The van der Waals surface area contributed by atoms with E-state index < -0.39 is 11.0 Å². The molecule has 67 heavy (non-hydrogen) atoms. The zero-order valence-corrected chi connectivity index (χ0v) is 38.2. The minimum absolute atomic E-state index is 0. The van der Waals surface area contributed by atoms with E-state index in [1.165, 1.54) is 64.9 Å². The number of cyclic esters (lactones) is 1. The van der Waals surface area contributed by atoms with Gasteiger partial charge in [-0.3, -0.25) is 19.2 Å². The van der Waals surface area contributed by atoms with Crippen LogP contribution in [0.4, 0.5) is 0 Å². The normalized spacial score (nSPS) is 35.4. The lowest BCUT2D eigenvalue weighted by Gasteiger charge is -2.59. The van der Waals surface area contributed by atoms with Gasteiger partial charge in [0.15, 0.2) is 0 Å². The van der Waals surface area contributed by atoms with Gasteiger partial charge in [-0.2, -0.15) is 0 Å². The summed E-state index contributed by atoms with van der Waals surface area (Å²) in [5.41, 5.74) is -2.14. The molecule has 11 fully saturated rings. The quantitative estimate of drug-likeness (QED) is 0.187. The van der Waals surface area contributed by atoms with Gasteiger partial charge in [-0.1, -0.05) is 87.6 Å². The van der Waals surface area contributed by atoms with Crippen LogP contribution in [0.25, 0.3) is 0 Å². The Balaban J connectivity index is -0.000000392. The van der Waals surface area contributed by atoms with E-state index in [0.717, 1.165) is 69.3 Å². The molecule has 11 rings (SSSR count). The number of ether oxygens (including phenoxy) is 4. The van der Waals surface area contributed by atoms with E-state index in [1.54, 1.807) is 0 Å². The second kappa shape index (κ2) is 26.3. The lowest BCUT2D eigenvalue weighted by Crippen LogP contribution is -2.61. The monoisotopic (exact) mass is 957 g/mol. The van der Waals surface area contributed by atoms with E-state index in [2.05, 4.69) is 18.6 Å². The average molecular weight is 958 g/mol. The third-order valence-corrected chi connectivity index (χ3v) is 17.6. The molecular formula is C58H116O9. The number of fused-ring (bicyclic) bond motifs is 5. The highest BCUT2D eigenvalue weighted by atomic mass is 16.6. The smallest absolute Gasteiger partial charge is 0.312 e. The summed E-state index contributed by atoms with van der Waals surface area (Å²) >= 11 is 0. The van der Waals surface area contributed by atoms with Crippen molar-refractivity contribution in [2.75, 3.05) is 13.7 Å². The topological polar surface area (TPSA) is 125 Å². The van der Waals surface area contributed by atoms with Crippen LogP contribution >= 0.6 is 0 Å². The number of carbonyl (C=O) groups is 4. The fourth-order valence-corrected chi connectivity index (χ4v) is 13.2. The van der Waals surface area contributed by atoms with Gasteiger partial charge in [-0.25, -0.2) is 0 Å². The SMILES string of the molecule is C.C.C.C.C.C.C.C.C.CCC(C)(C)C(=O)OC.CCC(C)(C)C(=O)OC1(C)C2CC3CC(C2)CC1C3.CCC(C)(C)C(=O)OC12CC3CC(CC(O)(C3)C1)C2.O=C1OCC2C3CCC(C3)C12. The highest BCUT2D eigenvalue weighted by molar-refractivity contribution is 5.77. The lowest BCUT2D eigenvalue weighted by molar-refractivity contribution is -0.225. The van der Waals surface area contributed by atoms with Crippen LogP contribution in [-0.4, -0.2) is 59.5 Å². The van der Waals surface area contributed by atoms with Crippen LogP contribution in [0.5, 0.6) is 0 Å². The second-order valence-corrected chi connectivity index (χ2v) is 23.0. The predicted octanol–water partition coefficient (Wildman–Crippen LogP) is 15.8. The minimum atomic E-state index is -0.555. The first-order chi connectivity index (χ1) is 27.0. The zero-order chi connectivity index (χ0) is 42.6. The Hall–Kier alpha value is -2.16. The zero-order valence-electron chi connectivity index (χ0n) is 38.2. The molecule has 1 saturated heterocycles. The second-order valence-electron chi connectivity index (χ2n) is 23.0. The molecule has 0 amide bonds. The van der Waals surface area contributed by atoms with Crippen molar-refractivity contribution in [2.24, 2.45) is 75.4 Å². The van der Waals surface area contributed by atoms with Crippen molar-refractivity contribution in [3.63, 3.8) is 0 Å². The standard InChI is InChI=1S/C17H28O2.C16H26O3.C9H12O2.C7H14O2.9CH4/c1-5-16(2,3)15(18)19-17(4)13-7-11-6-12(9-13)10-14(17)8-11;1-4-14(2,3)13(17)19-16-8-11-5-12(9-16)7-15(18,6-11)10-16;10-9-8-6-2-1-5(3-6)7(8)4-11-9;1-5-7(2,3)6(8)9-4;;;;;;;;;/h11-14H,5-10H2,1-4H3;11-12,18H,4-10H2,1-3H3;5-8H,1-4H2;5H2,1-4H3;9*1H4. The summed E-state index contributed by atoms with van der Waals surface area (Å²) in [4.78, 5) is 46.9. The average Bonchev–Trinajstić information content (AvgIpc) is 3.88. The number of rotatable bonds is 8. The molecule has 0 radical (unpaired) electrons. The molecule has 9 nitrogen and oxygen atoms in total. The summed E-state index contributed by atoms with van der Waals surface area (Å²) in [6.07, 6.45) is 18.7. The van der Waals surface area contributed by atoms with Crippen LogP contribution in [0.1, 0.15) is 245 Å². The van der Waals surface area contributed by atoms with Crippen LogP contribution in [0.15, 0.2) is 0 Å². The van der Waals surface area contributed by atoms with Gasteiger partial charge in [0.2, 0.25) is 0 Å². The van der Waals surface area contributed by atoms with Crippen LogP contribution in [0.2, 0.25) is 0 Å². The Morgan fingerprint density at radius 1 is 0.597 bits per heavy atom. The number of carbonyl (C=O) groups excluding carboxylic acids is 4. The maximum absolute atomic E-state index is 12.5. The highest BCUT2D eigenvalue weighted by Crippen LogP contribution is 2.61. The molecule has 10 aliphatic carbocycles. The first-order valence-electron chi connectivity index (χ1n) is 23.5. The van der Waals surface area contributed by atoms with Crippen LogP contribution in [0.3, 0.4) is 0 Å². The number of aliphatic hydroxyl groups is 1. The number of hydrogen-bond donors (Lipinski definition) is 1. The third-order valence-electron chi connectivity index (χ3n) is 17.6. The Kier molecular flexibility index (Phi) is 28.1. The summed E-state index contributed by atoms with van der Waals surface area (Å²) in [5.74, 6) is 6.57. The first kappa shape index (κ1) is 71.4. The summed E-state index contributed by atoms with van der Waals surface area (Å²) in [6, 6.07) is 0. The van der Waals surface area contributed by atoms with Crippen LogP contribution in [0, 0.1) is 75.4 Å². The highest BCUT2D eigenvalue weighted by Gasteiger charge is 2.60. The molecular weight excluding hydrogens is 841 g/mol. The molecule has 0 spiro atoms. The Labute approximate surface area is 416 Å². The van der Waals surface area contributed by atoms with Crippen molar-refractivity contribution in [1.82, 2.24) is 0 Å². The summed E-state index contributed by atoms with van der Waals surface area (Å²) in [7, 11) is 1.42. The van der Waals surface area contributed by atoms with Crippen molar-refractivity contribution in [2.45, 2.75) is 262 Å². The number of hydrogen-bond acceptors (Lipinski definition) is 9. The molecule has 11 aliphatic rings. The summed E-state index contributed by atoms with van der Waals surface area (Å²) in [6.45, 7) is 20.7. The molecule has 402 valence electrons. The van der Waals surface area contributed by atoms with Gasteiger partial charge in [0.1, 0.15) is 11.2 Å². The van der Waals surface area contributed by atoms with E-state index in [4.69, 9.17) is 14.2 Å². The number of esters is 4. The lowest BCUT2D eigenvalue weighted by atomic mass is 9.50. The molecule has 1 aliphatic heterocycles. The van der Waals surface area contributed by atoms with Gasteiger partial charge in [-0.05, 0) is 199 Å². The van der Waals surface area contributed by atoms with Gasteiger partial charge in [-0.15, -0.1) is 0 Å². The molecule has 0 aromatic carbocycles. The third kappa shape index (κ3) is 14.7. The maximum Gasteiger partial charge on any atom is 0.312 e. The van der Waals surface area contributed by atoms with Gasteiger partial charge < -0.3 is 24.1 Å². The summed E-state index contributed by atoms with van der Waals surface area (Å²) < 4.78 is 21.7. The maximum atomic E-state index is 12.5. The predicted molar refractivity (Wildman–Crippen MR) is 284 cm³/mol. The molecule has 0 aromatic heterocycles. The van der Waals surface area contributed by atoms with Gasteiger partial charge in [0.05, 0.1) is 41.5 Å².